The lowest BCUT2D eigenvalue weighted by Crippen LogP contribution is -2.59. The van der Waals surface area contributed by atoms with Crippen LogP contribution in [0.4, 0.5) is 0 Å². The smallest absolute Gasteiger partial charge is 0.232 e. The molecule has 0 amide bonds. The number of hydrogen-bond donors (Lipinski definition) is 0. The van der Waals surface area contributed by atoms with E-state index in [0.717, 1.165) is 50.5 Å². The van der Waals surface area contributed by atoms with Crippen molar-refractivity contribution in [3.05, 3.63) is 35.0 Å². The van der Waals surface area contributed by atoms with Crippen LogP contribution < -0.4 is 0 Å². The molecular formula is C35H51N3O3. The van der Waals surface area contributed by atoms with Crippen LogP contribution in [0.15, 0.2) is 27.8 Å². The Morgan fingerprint density at radius 3 is 2.32 bits per heavy atom. The maximum Gasteiger partial charge on any atom is 0.232 e. The van der Waals surface area contributed by atoms with Crippen molar-refractivity contribution in [2.75, 3.05) is 0 Å². The van der Waals surface area contributed by atoms with Crippen LogP contribution in [0.1, 0.15) is 126 Å². The lowest BCUT2D eigenvalue weighted by atomic mass is 9.39. The van der Waals surface area contributed by atoms with Crippen molar-refractivity contribution in [1.82, 2.24) is 10.1 Å². The molecule has 1 heterocycles. The minimum Gasteiger partial charge on any atom is -0.339 e. The minimum atomic E-state index is -0.667. The molecule has 41 heavy (non-hydrogen) atoms. The Morgan fingerprint density at radius 1 is 1.10 bits per heavy atom. The number of carbonyl (C=O) groups is 2. The van der Waals surface area contributed by atoms with Gasteiger partial charge in [-0.25, -0.2) is 0 Å². The Labute approximate surface area is 247 Å². The number of Topliss-reactive ketones (excluding diaryl/α,β-unsaturated/α-hetero) is 1. The molecule has 0 N–H and O–H groups in total. The van der Waals surface area contributed by atoms with Gasteiger partial charge in [-0.2, -0.15) is 10.2 Å². The van der Waals surface area contributed by atoms with Crippen LogP contribution in [-0.2, 0) is 15.0 Å². The predicted molar refractivity (Wildman–Crippen MR) is 161 cm³/mol. The number of rotatable bonds is 8. The molecule has 1 fully saturated rings. The zero-order valence-electron chi connectivity index (χ0n) is 27.3. The number of nitrogens with zero attached hydrogens (tertiary/aromatic N) is 3. The molecule has 3 aliphatic carbocycles. The molecule has 1 aromatic rings. The summed E-state index contributed by atoms with van der Waals surface area (Å²) in [7, 11) is 0. The van der Waals surface area contributed by atoms with Crippen molar-refractivity contribution < 1.29 is 14.1 Å². The van der Waals surface area contributed by atoms with E-state index in [-0.39, 0.29) is 50.6 Å². The summed E-state index contributed by atoms with van der Waals surface area (Å²) in [6.45, 7) is 23.8. The van der Waals surface area contributed by atoms with Gasteiger partial charge < -0.3 is 4.52 Å². The van der Waals surface area contributed by atoms with E-state index in [1.807, 2.05) is 32.9 Å². The van der Waals surface area contributed by atoms with Crippen molar-refractivity contribution in [1.29, 1.82) is 5.26 Å². The van der Waals surface area contributed by atoms with Crippen LogP contribution >= 0.6 is 0 Å². The first-order valence-corrected chi connectivity index (χ1v) is 15.6. The predicted octanol–water partition coefficient (Wildman–Crippen LogP) is 8.27. The number of fused-ring (bicyclic) bond motifs is 3. The first-order valence-electron chi connectivity index (χ1n) is 15.6. The standard InChI is InChI=1S/C35H51N3O3/c1-12-30(4,5)15-16-32(8,29-37-23(3)38-41-29)17-18-34(10)22(2)25(39)19-27-33(9)20-24(21-36)28(40)31(6,7)26(33)13-14-35(27,34)11/h19-20,22,26H,12-18H2,1-11H3/t22?,26-,32-,33-,34+,35+/m0/s1. The maximum atomic E-state index is 13.8. The summed E-state index contributed by atoms with van der Waals surface area (Å²) >= 11 is 0. The van der Waals surface area contributed by atoms with Gasteiger partial charge in [0, 0.05) is 22.2 Å². The molecule has 0 aromatic carbocycles. The quantitative estimate of drug-likeness (QED) is 0.317. The Hall–Kier alpha value is -2.55. The fourth-order valence-electron chi connectivity index (χ4n) is 8.56. The molecule has 6 atom stereocenters. The van der Waals surface area contributed by atoms with Crippen molar-refractivity contribution in [3.63, 3.8) is 0 Å². The number of nitriles is 1. The van der Waals surface area contributed by atoms with Gasteiger partial charge in [0.05, 0.1) is 5.57 Å². The lowest BCUT2D eigenvalue weighted by Gasteiger charge is -2.64. The minimum absolute atomic E-state index is 0.0345. The second kappa shape index (κ2) is 10.0. The molecule has 1 unspecified atom stereocenters. The SMILES string of the molecule is CCC(C)(C)CC[C@@](C)(CC[C@]1(C)C(C)C(=O)C=C2[C@@]3(C)C=C(C#N)C(=O)C(C)(C)[C@@H]3CC[C@]21C)c1nc(C)no1. The maximum absolute atomic E-state index is 13.8. The second-order valence-electron chi connectivity index (χ2n) is 15.8. The molecule has 1 saturated carbocycles. The van der Waals surface area contributed by atoms with Gasteiger partial charge in [0.1, 0.15) is 6.07 Å². The van der Waals surface area contributed by atoms with Crippen LogP contribution in [0, 0.1) is 57.2 Å². The van der Waals surface area contributed by atoms with Crippen molar-refractivity contribution >= 4 is 11.6 Å². The van der Waals surface area contributed by atoms with E-state index < -0.39 is 10.8 Å². The molecule has 1 aromatic heterocycles. The highest BCUT2D eigenvalue weighted by molar-refractivity contribution is 6.04. The molecule has 0 radical (unpaired) electrons. The zero-order chi connectivity index (χ0) is 30.8. The topological polar surface area (TPSA) is 96.8 Å². The van der Waals surface area contributed by atoms with Gasteiger partial charge in [0.2, 0.25) is 5.89 Å². The third-order valence-corrected chi connectivity index (χ3v) is 12.6. The molecule has 6 heteroatoms. The number of aryl methyl sites for hydroxylation is 1. The average molecular weight is 562 g/mol. The van der Waals surface area contributed by atoms with E-state index in [1.54, 1.807) is 0 Å². The number of ketones is 2. The summed E-state index contributed by atoms with van der Waals surface area (Å²) in [5.74, 6) is 1.27. The van der Waals surface area contributed by atoms with Crippen LogP contribution in [0.3, 0.4) is 0 Å². The van der Waals surface area contributed by atoms with Crippen LogP contribution in [0.25, 0.3) is 0 Å². The van der Waals surface area contributed by atoms with E-state index in [9.17, 15) is 14.9 Å². The summed E-state index contributed by atoms with van der Waals surface area (Å²) in [6, 6.07) is 2.19. The van der Waals surface area contributed by atoms with Gasteiger partial charge in [0.25, 0.3) is 0 Å². The van der Waals surface area contributed by atoms with Gasteiger partial charge in [-0.15, -0.1) is 0 Å². The van der Waals surface area contributed by atoms with Crippen molar-refractivity contribution in [2.45, 2.75) is 127 Å². The fourth-order valence-corrected chi connectivity index (χ4v) is 8.56. The monoisotopic (exact) mass is 561 g/mol. The molecule has 3 aliphatic rings. The van der Waals surface area contributed by atoms with E-state index >= 15 is 0 Å². The van der Waals surface area contributed by atoms with Gasteiger partial charge >= 0.3 is 0 Å². The first-order chi connectivity index (χ1) is 18.8. The molecule has 6 nitrogen and oxygen atoms in total. The average Bonchev–Trinajstić information content (AvgIpc) is 3.36. The zero-order valence-corrected chi connectivity index (χ0v) is 27.3. The fraction of sp³-hybridized carbons (Fsp3) is 0.743. The Bertz CT molecular complexity index is 1340. The summed E-state index contributed by atoms with van der Waals surface area (Å²) in [5.41, 5.74) is -0.583. The highest BCUT2D eigenvalue weighted by Gasteiger charge is 2.64. The Balaban J connectivity index is 1.77. The third-order valence-electron chi connectivity index (χ3n) is 12.6. The largest absolute Gasteiger partial charge is 0.339 e. The number of carbonyl (C=O) groups excluding carboxylic acids is 2. The van der Waals surface area contributed by atoms with Crippen molar-refractivity contribution in [2.24, 2.45) is 38.9 Å². The molecule has 0 bridgehead atoms. The van der Waals surface area contributed by atoms with Crippen LogP contribution in [0.5, 0.6) is 0 Å². The van der Waals surface area contributed by atoms with E-state index in [4.69, 9.17) is 9.51 Å². The highest BCUT2D eigenvalue weighted by atomic mass is 16.5. The molecule has 224 valence electrons. The molecular weight excluding hydrogens is 510 g/mol. The van der Waals surface area contributed by atoms with Gasteiger partial charge in [-0.1, -0.05) is 92.5 Å². The lowest BCUT2D eigenvalue weighted by molar-refractivity contribution is -0.137. The Kier molecular flexibility index (Phi) is 7.67. The van der Waals surface area contributed by atoms with Gasteiger partial charge in [-0.3, -0.25) is 9.59 Å². The molecule has 4 rings (SSSR count). The molecule has 0 spiro atoms. The molecule has 0 saturated heterocycles. The second-order valence-corrected chi connectivity index (χ2v) is 15.8. The normalized spacial score (nSPS) is 34.6. The molecule has 0 aliphatic heterocycles. The summed E-state index contributed by atoms with van der Waals surface area (Å²) in [4.78, 5) is 31.8. The van der Waals surface area contributed by atoms with E-state index in [2.05, 4.69) is 66.6 Å². The third kappa shape index (κ3) is 4.76. The first kappa shape index (κ1) is 31.4. The number of allylic oxidation sites excluding steroid dienone is 4. The van der Waals surface area contributed by atoms with Crippen LogP contribution in [0.2, 0.25) is 0 Å². The Morgan fingerprint density at radius 2 is 1.76 bits per heavy atom. The van der Waals surface area contributed by atoms with Gasteiger partial charge in [-0.05, 0) is 73.7 Å². The van der Waals surface area contributed by atoms with Crippen LogP contribution in [-0.4, -0.2) is 21.7 Å². The highest BCUT2D eigenvalue weighted by Crippen LogP contribution is 2.70. The summed E-state index contributed by atoms with van der Waals surface area (Å²) < 4.78 is 5.81. The number of aromatic nitrogens is 2. The summed E-state index contributed by atoms with van der Waals surface area (Å²) in [6.07, 6.45) is 10.3. The summed E-state index contributed by atoms with van der Waals surface area (Å²) in [5, 5.41) is 14.1. The van der Waals surface area contributed by atoms with Gasteiger partial charge in [0.15, 0.2) is 17.4 Å². The van der Waals surface area contributed by atoms with Crippen molar-refractivity contribution in [3.8, 4) is 6.07 Å². The number of hydrogen-bond acceptors (Lipinski definition) is 6. The van der Waals surface area contributed by atoms with E-state index in [0.29, 0.717) is 11.7 Å². The van der Waals surface area contributed by atoms with E-state index in [1.165, 1.54) is 0 Å².